The third-order valence-electron chi connectivity index (χ3n) is 5.11. The van der Waals surface area contributed by atoms with Crippen LogP contribution in [0.2, 0.25) is 0 Å². The van der Waals surface area contributed by atoms with Gasteiger partial charge in [-0.25, -0.2) is 8.42 Å². The molecule has 1 N–H and O–H groups in total. The van der Waals surface area contributed by atoms with Gasteiger partial charge in [-0.1, -0.05) is 18.2 Å². The molecule has 8 heteroatoms. The number of hydrogen-bond donors (Lipinski definition) is 1. The first kappa shape index (κ1) is 22.0. The number of methoxy groups -OCH3 is 1. The van der Waals surface area contributed by atoms with Crippen LogP contribution in [0.15, 0.2) is 42.5 Å². The summed E-state index contributed by atoms with van der Waals surface area (Å²) in [7, 11) is -2.06. The van der Waals surface area contributed by atoms with Gasteiger partial charge in [-0.15, -0.1) is 0 Å². The predicted molar refractivity (Wildman–Crippen MR) is 118 cm³/mol. The summed E-state index contributed by atoms with van der Waals surface area (Å²) in [5.74, 6) is 0.722. The molecule has 0 saturated heterocycles. The highest BCUT2D eigenvalue weighted by Crippen LogP contribution is 2.34. The second-order valence-electron chi connectivity index (χ2n) is 7.49. The number of aryl methyl sites for hydroxylation is 1. The van der Waals surface area contributed by atoms with Gasteiger partial charge in [-0.05, 0) is 56.4 Å². The number of amides is 1. The average molecular weight is 433 g/mol. The van der Waals surface area contributed by atoms with Crippen molar-refractivity contribution in [2.24, 2.45) is 0 Å². The minimum absolute atomic E-state index is 0.145. The maximum atomic E-state index is 12.7. The average Bonchev–Trinajstić information content (AvgIpc) is 3.19. The quantitative estimate of drug-likeness (QED) is 0.687. The zero-order chi connectivity index (χ0) is 21.7. The molecule has 162 valence electrons. The Morgan fingerprint density at radius 2 is 1.83 bits per heavy atom. The number of nitrogens with zero attached hydrogens (tertiary/aromatic N) is 1. The Kier molecular flexibility index (Phi) is 6.87. The summed E-state index contributed by atoms with van der Waals surface area (Å²) in [6.45, 7) is 1.48. The molecule has 1 amide bonds. The van der Waals surface area contributed by atoms with E-state index in [9.17, 15) is 13.2 Å². The van der Waals surface area contributed by atoms with Crippen LogP contribution in [-0.4, -0.2) is 40.3 Å². The summed E-state index contributed by atoms with van der Waals surface area (Å²) in [4.78, 5) is 12.7. The molecule has 0 unspecified atom stereocenters. The van der Waals surface area contributed by atoms with Crippen LogP contribution in [0.4, 0.5) is 11.4 Å². The number of carbonyl (C=O) groups is 1. The maximum absolute atomic E-state index is 12.7. The molecule has 3 rings (SSSR count). The van der Waals surface area contributed by atoms with E-state index in [-0.39, 0.29) is 12.6 Å². The number of para-hydroxylation sites is 1. The Balaban J connectivity index is 1.76. The molecule has 2 aromatic rings. The summed E-state index contributed by atoms with van der Waals surface area (Å²) in [5.41, 5.74) is 1.77. The lowest BCUT2D eigenvalue weighted by Crippen LogP contribution is -2.37. The molecule has 2 aromatic carbocycles. The van der Waals surface area contributed by atoms with E-state index in [2.05, 4.69) is 5.32 Å². The normalized spacial score (nSPS) is 14.4. The lowest BCUT2D eigenvalue weighted by Gasteiger charge is -2.23. The number of benzene rings is 2. The number of carbonyl (C=O) groups excluding carboxylic acids is 1. The largest absolute Gasteiger partial charge is 0.493 e. The van der Waals surface area contributed by atoms with E-state index in [0.717, 1.165) is 41.8 Å². The Labute approximate surface area is 178 Å². The van der Waals surface area contributed by atoms with Gasteiger partial charge in [0.05, 0.1) is 25.2 Å². The van der Waals surface area contributed by atoms with Gasteiger partial charge in [0.2, 0.25) is 15.9 Å². The Bertz CT molecular complexity index is 1000. The third-order valence-corrected chi connectivity index (χ3v) is 6.24. The lowest BCUT2D eigenvalue weighted by molar-refractivity contribution is -0.114. The van der Waals surface area contributed by atoms with Gasteiger partial charge in [0.15, 0.2) is 11.5 Å². The van der Waals surface area contributed by atoms with Crippen LogP contribution >= 0.6 is 0 Å². The maximum Gasteiger partial charge on any atom is 0.245 e. The number of ether oxygens (including phenoxy) is 2. The van der Waals surface area contributed by atoms with Crippen molar-refractivity contribution in [3.05, 3.63) is 48.0 Å². The molecule has 1 aliphatic rings. The van der Waals surface area contributed by atoms with Crippen LogP contribution in [0.25, 0.3) is 0 Å². The molecule has 0 atom stereocenters. The fourth-order valence-electron chi connectivity index (χ4n) is 3.59. The van der Waals surface area contributed by atoms with Crippen LogP contribution in [-0.2, 0) is 14.8 Å². The molecule has 0 radical (unpaired) electrons. The van der Waals surface area contributed by atoms with E-state index in [4.69, 9.17) is 9.47 Å². The molecule has 1 fully saturated rings. The topological polar surface area (TPSA) is 84.9 Å². The Morgan fingerprint density at radius 1 is 1.13 bits per heavy atom. The van der Waals surface area contributed by atoms with Crippen molar-refractivity contribution in [2.75, 3.05) is 29.5 Å². The fourth-order valence-corrected chi connectivity index (χ4v) is 4.50. The van der Waals surface area contributed by atoms with Crippen molar-refractivity contribution < 1.29 is 22.7 Å². The molecule has 7 nitrogen and oxygen atoms in total. The Morgan fingerprint density at radius 3 is 2.47 bits per heavy atom. The highest BCUT2D eigenvalue weighted by atomic mass is 32.2. The van der Waals surface area contributed by atoms with Crippen LogP contribution < -0.4 is 19.1 Å². The zero-order valence-corrected chi connectivity index (χ0v) is 18.4. The van der Waals surface area contributed by atoms with E-state index < -0.39 is 15.9 Å². The number of anilines is 2. The predicted octanol–water partition coefficient (Wildman–Crippen LogP) is 3.73. The standard InChI is InChI=1S/C22H28N2O5S/c1-16-8-4-7-11-19(16)24(30(3,26)27)15-22(25)23-17-12-13-20(28-2)21(14-17)29-18-9-5-6-10-18/h4,7-8,11-14,18H,5-6,9-10,15H2,1-3H3,(H,23,25). The lowest BCUT2D eigenvalue weighted by atomic mass is 10.2. The number of nitrogens with one attached hydrogen (secondary N) is 1. The summed E-state index contributed by atoms with van der Waals surface area (Å²) in [5, 5.41) is 2.77. The van der Waals surface area contributed by atoms with Gasteiger partial charge < -0.3 is 14.8 Å². The number of rotatable bonds is 8. The van der Waals surface area contributed by atoms with E-state index in [1.54, 1.807) is 37.4 Å². The van der Waals surface area contributed by atoms with Gasteiger partial charge >= 0.3 is 0 Å². The number of sulfonamides is 1. The third kappa shape index (κ3) is 5.44. The van der Waals surface area contributed by atoms with Crippen LogP contribution in [0.5, 0.6) is 11.5 Å². The monoisotopic (exact) mass is 432 g/mol. The highest BCUT2D eigenvalue weighted by Gasteiger charge is 2.23. The second-order valence-corrected chi connectivity index (χ2v) is 9.40. The van der Waals surface area contributed by atoms with Gasteiger partial charge in [-0.2, -0.15) is 0 Å². The van der Waals surface area contributed by atoms with Crippen molar-refractivity contribution in [1.82, 2.24) is 0 Å². The first-order chi connectivity index (χ1) is 14.3. The van der Waals surface area contributed by atoms with Crippen LogP contribution in [0, 0.1) is 6.92 Å². The minimum atomic E-state index is -3.63. The molecule has 0 spiro atoms. The van der Waals surface area contributed by atoms with E-state index >= 15 is 0 Å². The summed E-state index contributed by atoms with van der Waals surface area (Å²) in [6, 6.07) is 12.2. The molecule has 0 bridgehead atoms. The van der Waals surface area contributed by atoms with Crippen molar-refractivity contribution >= 4 is 27.3 Å². The van der Waals surface area contributed by atoms with E-state index in [1.807, 2.05) is 19.1 Å². The van der Waals surface area contributed by atoms with Crippen molar-refractivity contribution in [1.29, 1.82) is 0 Å². The fraction of sp³-hybridized carbons (Fsp3) is 0.409. The molecule has 0 aromatic heterocycles. The zero-order valence-electron chi connectivity index (χ0n) is 17.6. The molecular formula is C22H28N2O5S. The van der Waals surface area contributed by atoms with Gasteiger partial charge in [0.25, 0.3) is 0 Å². The molecule has 1 aliphatic carbocycles. The molecule has 0 aliphatic heterocycles. The Hall–Kier alpha value is -2.74. The smallest absolute Gasteiger partial charge is 0.245 e. The summed E-state index contributed by atoms with van der Waals surface area (Å²) >= 11 is 0. The van der Waals surface area contributed by atoms with Crippen LogP contribution in [0.3, 0.4) is 0 Å². The molecular weight excluding hydrogens is 404 g/mol. The highest BCUT2D eigenvalue weighted by molar-refractivity contribution is 7.92. The van der Waals surface area contributed by atoms with Crippen molar-refractivity contribution in [2.45, 2.75) is 38.7 Å². The first-order valence-electron chi connectivity index (χ1n) is 9.96. The van der Waals surface area contributed by atoms with Gasteiger partial charge in [0.1, 0.15) is 6.54 Å². The van der Waals surface area contributed by atoms with Gasteiger partial charge in [0, 0.05) is 11.8 Å². The number of hydrogen-bond acceptors (Lipinski definition) is 5. The molecule has 1 saturated carbocycles. The molecule has 0 heterocycles. The second kappa shape index (κ2) is 9.38. The summed E-state index contributed by atoms with van der Waals surface area (Å²) in [6.07, 6.45) is 5.52. The SMILES string of the molecule is COc1ccc(NC(=O)CN(c2ccccc2C)S(C)(=O)=O)cc1OC1CCCC1. The summed E-state index contributed by atoms with van der Waals surface area (Å²) < 4.78 is 37.2. The van der Waals surface area contributed by atoms with E-state index in [1.165, 1.54) is 0 Å². The van der Waals surface area contributed by atoms with Gasteiger partial charge in [-0.3, -0.25) is 9.10 Å². The first-order valence-corrected chi connectivity index (χ1v) is 11.8. The van der Waals surface area contributed by atoms with Crippen molar-refractivity contribution in [3.63, 3.8) is 0 Å². The van der Waals surface area contributed by atoms with E-state index in [0.29, 0.717) is 22.9 Å². The van der Waals surface area contributed by atoms with Crippen LogP contribution in [0.1, 0.15) is 31.2 Å². The molecule has 30 heavy (non-hydrogen) atoms. The van der Waals surface area contributed by atoms with Crippen molar-refractivity contribution in [3.8, 4) is 11.5 Å². The minimum Gasteiger partial charge on any atom is -0.493 e.